The van der Waals surface area contributed by atoms with Crippen LogP contribution in [0.4, 0.5) is 0 Å². The zero-order chi connectivity index (χ0) is 9.52. The van der Waals surface area contributed by atoms with E-state index < -0.39 is 0 Å². The molecule has 74 valence electrons. The quantitative estimate of drug-likeness (QED) is 0.729. The molecule has 3 nitrogen and oxygen atoms in total. The summed E-state index contributed by atoms with van der Waals surface area (Å²) in [7, 11) is 0. The first kappa shape index (κ1) is 10.6. The Hall–Kier alpha value is -0.450. The third-order valence-corrected chi connectivity index (χ3v) is 2.66. The molecule has 0 aliphatic rings. The summed E-state index contributed by atoms with van der Waals surface area (Å²) in [6.45, 7) is 3.18. The Balaban J connectivity index is 2.23. The van der Waals surface area contributed by atoms with Crippen LogP contribution in [0.15, 0.2) is 10.9 Å². The number of nitrogens with one attached hydrogen (secondary N) is 1. The summed E-state index contributed by atoms with van der Waals surface area (Å²) in [6, 6.07) is 0.409. The molecule has 0 aliphatic carbocycles. The van der Waals surface area contributed by atoms with Crippen molar-refractivity contribution in [3.05, 3.63) is 16.6 Å². The van der Waals surface area contributed by atoms with Gasteiger partial charge in [-0.25, -0.2) is 4.98 Å². The van der Waals surface area contributed by atoms with Gasteiger partial charge in [-0.2, -0.15) is 0 Å². The number of nitrogens with zero attached hydrogens (tertiary/aromatic N) is 1. The van der Waals surface area contributed by atoms with Crippen LogP contribution in [-0.4, -0.2) is 22.7 Å². The number of aliphatic hydroxyl groups excluding tert-OH is 1. The largest absolute Gasteiger partial charge is 0.396 e. The summed E-state index contributed by atoms with van der Waals surface area (Å²) in [6.07, 6.45) is 1.87. The standard InChI is InChI=1S/C9H16N2OS/c1-2-8(3-4-12)10-5-9-6-13-7-11-9/h6-8,10,12H,2-5H2,1H3. The summed E-state index contributed by atoms with van der Waals surface area (Å²) in [5, 5.41) is 14.2. The van der Waals surface area contributed by atoms with Gasteiger partial charge >= 0.3 is 0 Å². The van der Waals surface area contributed by atoms with Crippen molar-refractivity contribution in [3.63, 3.8) is 0 Å². The smallest absolute Gasteiger partial charge is 0.0795 e. The first-order chi connectivity index (χ1) is 6.36. The van der Waals surface area contributed by atoms with Crippen LogP contribution in [0.25, 0.3) is 0 Å². The summed E-state index contributed by atoms with van der Waals surface area (Å²) in [5.41, 5.74) is 2.92. The monoisotopic (exact) mass is 200 g/mol. The molecule has 1 rings (SSSR count). The van der Waals surface area contributed by atoms with E-state index >= 15 is 0 Å². The minimum atomic E-state index is 0.253. The first-order valence-corrected chi connectivity index (χ1v) is 5.52. The maximum atomic E-state index is 8.77. The van der Waals surface area contributed by atoms with Gasteiger partial charge in [0.15, 0.2) is 0 Å². The van der Waals surface area contributed by atoms with Gasteiger partial charge in [-0.15, -0.1) is 11.3 Å². The molecule has 2 N–H and O–H groups in total. The van der Waals surface area contributed by atoms with E-state index in [0.717, 1.165) is 25.1 Å². The fourth-order valence-corrected chi connectivity index (χ4v) is 1.74. The van der Waals surface area contributed by atoms with Gasteiger partial charge in [-0.1, -0.05) is 6.92 Å². The second kappa shape index (κ2) is 6.07. The van der Waals surface area contributed by atoms with Gasteiger partial charge in [0, 0.05) is 24.6 Å². The van der Waals surface area contributed by atoms with Crippen molar-refractivity contribution >= 4 is 11.3 Å². The molecule has 0 fully saturated rings. The van der Waals surface area contributed by atoms with E-state index in [-0.39, 0.29) is 6.61 Å². The average Bonchev–Trinajstić information content (AvgIpc) is 2.64. The third-order valence-electron chi connectivity index (χ3n) is 2.03. The molecule has 0 saturated carbocycles. The maximum Gasteiger partial charge on any atom is 0.0795 e. The topological polar surface area (TPSA) is 45.1 Å². The van der Waals surface area contributed by atoms with Crippen LogP contribution >= 0.6 is 11.3 Å². The minimum absolute atomic E-state index is 0.253. The molecule has 0 aromatic carbocycles. The summed E-state index contributed by atoms with van der Waals surface area (Å²) >= 11 is 1.61. The molecule has 0 spiro atoms. The maximum absolute atomic E-state index is 8.77. The molecule has 0 amide bonds. The van der Waals surface area contributed by atoms with Gasteiger partial charge in [0.1, 0.15) is 0 Å². The number of aliphatic hydroxyl groups is 1. The number of aromatic nitrogens is 1. The zero-order valence-corrected chi connectivity index (χ0v) is 8.68. The number of hydrogen-bond donors (Lipinski definition) is 2. The molecule has 0 saturated heterocycles. The Kier molecular flexibility index (Phi) is 4.97. The van der Waals surface area contributed by atoms with Crippen molar-refractivity contribution < 1.29 is 5.11 Å². The van der Waals surface area contributed by atoms with Gasteiger partial charge in [0.25, 0.3) is 0 Å². The summed E-state index contributed by atoms with van der Waals surface area (Å²) in [4.78, 5) is 4.18. The molecular weight excluding hydrogens is 184 g/mol. The average molecular weight is 200 g/mol. The van der Waals surface area contributed by atoms with Crippen LogP contribution in [0, 0.1) is 0 Å². The lowest BCUT2D eigenvalue weighted by atomic mass is 10.1. The minimum Gasteiger partial charge on any atom is -0.396 e. The van der Waals surface area contributed by atoms with Crippen LogP contribution in [0.1, 0.15) is 25.5 Å². The lowest BCUT2D eigenvalue weighted by Crippen LogP contribution is -2.28. The predicted octanol–water partition coefficient (Wildman–Crippen LogP) is 1.39. The highest BCUT2D eigenvalue weighted by Crippen LogP contribution is 2.02. The predicted molar refractivity (Wildman–Crippen MR) is 54.7 cm³/mol. The van der Waals surface area contributed by atoms with E-state index in [4.69, 9.17) is 5.11 Å². The highest BCUT2D eigenvalue weighted by molar-refractivity contribution is 7.07. The van der Waals surface area contributed by atoms with Crippen LogP contribution < -0.4 is 5.32 Å². The molecule has 0 radical (unpaired) electrons. The number of thiazole rings is 1. The Morgan fingerprint density at radius 1 is 1.69 bits per heavy atom. The van der Waals surface area contributed by atoms with Gasteiger partial charge in [-0.05, 0) is 12.8 Å². The fourth-order valence-electron chi connectivity index (χ4n) is 1.18. The van der Waals surface area contributed by atoms with Crippen molar-refractivity contribution in [2.75, 3.05) is 6.61 Å². The molecule has 0 aliphatic heterocycles. The van der Waals surface area contributed by atoms with Gasteiger partial charge in [0.2, 0.25) is 0 Å². The molecule has 4 heteroatoms. The lowest BCUT2D eigenvalue weighted by molar-refractivity contribution is 0.262. The Labute approximate surface area is 82.8 Å². The van der Waals surface area contributed by atoms with Gasteiger partial charge in [0.05, 0.1) is 11.2 Å². The van der Waals surface area contributed by atoms with Gasteiger partial charge < -0.3 is 10.4 Å². The Morgan fingerprint density at radius 3 is 3.08 bits per heavy atom. The van der Waals surface area contributed by atoms with E-state index in [9.17, 15) is 0 Å². The van der Waals surface area contributed by atoms with Crippen LogP contribution in [0.2, 0.25) is 0 Å². The highest BCUT2D eigenvalue weighted by Gasteiger charge is 2.04. The van der Waals surface area contributed by atoms with E-state index in [0.29, 0.717) is 6.04 Å². The Bertz CT molecular complexity index is 213. The van der Waals surface area contributed by atoms with Crippen molar-refractivity contribution in [2.24, 2.45) is 0 Å². The molecule has 1 atom stereocenters. The Morgan fingerprint density at radius 2 is 2.54 bits per heavy atom. The summed E-state index contributed by atoms with van der Waals surface area (Å²) < 4.78 is 0. The van der Waals surface area contributed by atoms with Crippen LogP contribution in [0.5, 0.6) is 0 Å². The van der Waals surface area contributed by atoms with Crippen LogP contribution in [0.3, 0.4) is 0 Å². The fraction of sp³-hybridized carbons (Fsp3) is 0.667. The molecule has 1 aromatic rings. The van der Waals surface area contributed by atoms with E-state index in [1.165, 1.54) is 0 Å². The van der Waals surface area contributed by atoms with Crippen LogP contribution in [-0.2, 0) is 6.54 Å². The van der Waals surface area contributed by atoms with E-state index in [1.54, 1.807) is 11.3 Å². The molecule has 1 unspecified atom stereocenters. The highest BCUT2D eigenvalue weighted by atomic mass is 32.1. The van der Waals surface area contributed by atoms with Crippen molar-refractivity contribution in [1.29, 1.82) is 0 Å². The van der Waals surface area contributed by atoms with Gasteiger partial charge in [-0.3, -0.25) is 0 Å². The van der Waals surface area contributed by atoms with E-state index in [2.05, 4.69) is 17.2 Å². The molecule has 1 aromatic heterocycles. The second-order valence-electron chi connectivity index (χ2n) is 2.98. The zero-order valence-electron chi connectivity index (χ0n) is 7.86. The lowest BCUT2D eigenvalue weighted by Gasteiger charge is -2.14. The molecule has 1 heterocycles. The SMILES string of the molecule is CCC(CCO)NCc1cscn1. The number of hydrogen-bond acceptors (Lipinski definition) is 4. The second-order valence-corrected chi connectivity index (χ2v) is 3.70. The first-order valence-electron chi connectivity index (χ1n) is 4.58. The molecule has 0 bridgehead atoms. The van der Waals surface area contributed by atoms with E-state index in [1.807, 2.05) is 10.9 Å². The van der Waals surface area contributed by atoms with Crippen molar-refractivity contribution in [1.82, 2.24) is 10.3 Å². The molecule has 13 heavy (non-hydrogen) atoms. The number of rotatable bonds is 6. The molecular formula is C9H16N2OS. The summed E-state index contributed by atoms with van der Waals surface area (Å²) in [5.74, 6) is 0. The normalized spacial score (nSPS) is 13.1. The van der Waals surface area contributed by atoms with Crippen molar-refractivity contribution in [3.8, 4) is 0 Å². The third kappa shape index (κ3) is 3.85. The van der Waals surface area contributed by atoms with Crippen molar-refractivity contribution in [2.45, 2.75) is 32.4 Å².